The van der Waals surface area contributed by atoms with Crippen molar-refractivity contribution >= 4 is 28.2 Å². The van der Waals surface area contributed by atoms with Gasteiger partial charge in [-0.05, 0) is 56.6 Å². The molecule has 1 aliphatic rings. The maximum atomic E-state index is 13.2. The molecule has 1 aromatic carbocycles. The summed E-state index contributed by atoms with van der Waals surface area (Å²) in [6, 6.07) is 8.37. The summed E-state index contributed by atoms with van der Waals surface area (Å²) >= 11 is 0. The molecule has 0 aliphatic carbocycles. The van der Waals surface area contributed by atoms with Gasteiger partial charge in [0.25, 0.3) is 11.5 Å². The SMILES string of the molecule is CCn1c(NC(=O)c2ccc(N)cn2)cc2c(OC)c(OCCCCN3CCOCC3)ccc2c1=O. The highest BCUT2D eigenvalue weighted by Gasteiger charge is 2.18. The molecule has 0 bridgehead atoms. The van der Waals surface area contributed by atoms with Crippen LogP contribution in [-0.4, -0.2) is 66.9 Å². The van der Waals surface area contributed by atoms with E-state index in [9.17, 15) is 9.59 Å². The Kier molecular flexibility index (Phi) is 8.40. The Hall–Kier alpha value is -3.63. The van der Waals surface area contributed by atoms with E-state index in [1.54, 1.807) is 31.4 Å². The number of methoxy groups -OCH3 is 1. The summed E-state index contributed by atoms with van der Waals surface area (Å²) in [5, 5.41) is 3.85. The van der Waals surface area contributed by atoms with Crippen LogP contribution >= 0.6 is 0 Å². The lowest BCUT2D eigenvalue weighted by Gasteiger charge is -2.26. The number of carbonyl (C=O) groups excluding carboxylic acids is 1. The first-order chi connectivity index (χ1) is 17.5. The van der Waals surface area contributed by atoms with Crippen molar-refractivity contribution in [2.45, 2.75) is 26.3 Å². The monoisotopic (exact) mass is 495 g/mol. The van der Waals surface area contributed by atoms with Gasteiger partial charge in [0.15, 0.2) is 11.5 Å². The molecule has 192 valence electrons. The van der Waals surface area contributed by atoms with Gasteiger partial charge in [-0.1, -0.05) is 0 Å². The summed E-state index contributed by atoms with van der Waals surface area (Å²) in [6.07, 6.45) is 3.33. The number of ether oxygens (including phenoxy) is 3. The number of pyridine rings is 2. The minimum atomic E-state index is -0.442. The van der Waals surface area contributed by atoms with Crippen molar-refractivity contribution in [3.63, 3.8) is 0 Å². The average Bonchev–Trinajstić information content (AvgIpc) is 2.89. The molecule has 1 saturated heterocycles. The van der Waals surface area contributed by atoms with Gasteiger partial charge in [0.1, 0.15) is 11.5 Å². The van der Waals surface area contributed by atoms with Gasteiger partial charge in [0.2, 0.25) is 0 Å². The number of hydrogen-bond donors (Lipinski definition) is 2. The van der Waals surface area contributed by atoms with Gasteiger partial charge in [-0.15, -0.1) is 0 Å². The van der Waals surface area contributed by atoms with Crippen LogP contribution in [0.1, 0.15) is 30.3 Å². The molecular weight excluding hydrogens is 462 g/mol. The molecule has 3 N–H and O–H groups in total. The molecular formula is C26H33N5O5. The number of carbonyl (C=O) groups is 1. The van der Waals surface area contributed by atoms with Crippen LogP contribution in [0.4, 0.5) is 11.5 Å². The smallest absolute Gasteiger partial charge is 0.275 e. The summed E-state index contributed by atoms with van der Waals surface area (Å²) in [7, 11) is 1.54. The summed E-state index contributed by atoms with van der Waals surface area (Å²) in [5.74, 6) is 0.923. The highest BCUT2D eigenvalue weighted by Crippen LogP contribution is 2.35. The Labute approximate surface area is 210 Å². The van der Waals surface area contributed by atoms with E-state index in [0.29, 0.717) is 46.9 Å². The van der Waals surface area contributed by atoms with E-state index in [4.69, 9.17) is 19.9 Å². The van der Waals surface area contributed by atoms with E-state index in [-0.39, 0.29) is 11.3 Å². The number of morpholine rings is 1. The number of fused-ring (bicyclic) bond motifs is 1. The van der Waals surface area contributed by atoms with Crippen molar-refractivity contribution in [3.8, 4) is 11.5 Å². The summed E-state index contributed by atoms with van der Waals surface area (Å²) in [5.41, 5.74) is 6.09. The molecule has 10 nitrogen and oxygen atoms in total. The molecule has 2 aromatic heterocycles. The molecule has 1 fully saturated rings. The van der Waals surface area contributed by atoms with E-state index in [0.717, 1.165) is 45.7 Å². The Morgan fingerprint density at radius 1 is 1.17 bits per heavy atom. The van der Waals surface area contributed by atoms with Gasteiger partial charge < -0.3 is 25.3 Å². The van der Waals surface area contributed by atoms with Crippen LogP contribution in [0.25, 0.3) is 10.8 Å². The number of unbranched alkanes of at least 4 members (excludes halogenated alkanes) is 1. The zero-order valence-corrected chi connectivity index (χ0v) is 20.8. The number of benzene rings is 1. The third-order valence-corrected chi connectivity index (χ3v) is 6.22. The van der Waals surface area contributed by atoms with Gasteiger partial charge in [-0.2, -0.15) is 0 Å². The van der Waals surface area contributed by atoms with Gasteiger partial charge in [0.05, 0.1) is 44.2 Å². The van der Waals surface area contributed by atoms with Crippen LogP contribution in [0.2, 0.25) is 0 Å². The molecule has 0 radical (unpaired) electrons. The Bertz CT molecular complexity index is 1250. The van der Waals surface area contributed by atoms with Crippen molar-refractivity contribution < 1.29 is 19.0 Å². The predicted octanol–water partition coefficient (Wildman–Crippen LogP) is 2.75. The van der Waals surface area contributed by atoms with E-state index in [1.807, 2.05) is 6.92 Å². The highest BCUT2D eigenvalue weighted by atomic mass is 16.5. The normalized spacial score (nSPS) is 14.1. The summed E-state index contributed by atoms with van der Waals surface area (Å²) in [4.78, 5) is 32.5. The molecule has 3 aromatic rings. The Morgan fingerprint density at radius 2 is 1.97 bits per heavy atom. The number of anilines is 2. The molecule has 4 rings (SSSR count). The molecule has 3 heterocycles. The fraction of sp³-hybridized carbons (Fsp3) is 0.423. The number of nitrogens with zero attached hydrogens (tertiary/aromatic N) is 3. The number of hydrogen-bond acceptors (Lipinski definition) is 8. The van der Waals surface area contributed by atoms with Crippen molar-refractivity contribution in [3.05, 3.63) is 52.6 Å². The van der Waals surface area contributed by atoms with Crippen LogP contribution in [0.15, 0.2) is 41.3 Å². The van der Waals surface area contributed by atoms with Crippen molar-refractivity contribution in [1.29, 1.82) is 0 Å². The third-order valence-electron chi connectivity index (χ3n) is 6.22. The number of nitrogens with one attached hydrogen (secondary N) is 1. The number of aromatic nitrogens is 2. The first-order valence-electron chi connectivity index (χ1n) is 12.2. The van der Waals surface area contributed by atoms with E-state index in [2.05, 4.69) is 15.2 Å². The number of nitrogen functional groups attached to an aromatic ring is 1. The maximum absolute atomic E-state index is 13.2. The first-order valence-corrected chi connectivity index (χ1v) is 12.2. The Balaban J connectivity index is 1.53. The van der Waals surface area contributed by atoms with Crippen LogP contribution < -0.4 is 26.1 Å². The minimum absolute atomic E-state index is 0.195. The largest absolute Gasteiger partial charge is 0.492 e. The molecule has 0 saturated carbocycles. The minimum Gasteiger partial charge on any atom is -0.492 e. The lowest BCUT2D eigenvalue weighted by molar-refractivity contribution is 0.0368. The molecule has 10 heteroatoms. The molecule has 0 unspecified atom stereocenters. The first kappa shape index (κ1) is 25.5. The topological polar surface area (TPSA) is 121 Å². The maximum Gasteiger partial charge on any atom is 0.275 e. The van der Waals surface area contributed by atoms with Crippen LogP contribution in [0.3, 0.4) is 0 Å². The van der Waals surface area contributed by atoms with Gasteiger partial charge >= 0.3 is 0 Å². The van der Waals surface area contributed by atoms with Gasteiger partial charge in [-0.25, -0.2) is 4.98 Å². The quantitative estimate of drug-likeness (QED) is 0.412. The number of rotatable bonds is 10. The zero-order valence-electron chi connectivity index (χ0n) is 20.8. The second kappa shape index (κ2) is 11.9. The number of amides is 1. The second-order valence-corrected chi connectivity index (χ2v) is 8.58. The second-order valence-electron chi connectivity index (χ2n) is 8.58. The fourth-order valence-corrected chi connectivity index (χ4v) is 4.28. The molecule has 36 heavy (non-hydrogen) atoms. The summed E-state index contributed by atoms with van der Waals surface area (Å²) < 4.78 is 18.6. The molecule has 1 amide bonds. The highest BCUT2D eigenvalue weighted by molar-refractivity contribution is 6.04. The Morgan fingerprint density at radius 3 is 2.67 bits per heavy atom. The van der Waals surface area contributed by atoms with Crippen LogP contribution in [0, 0.1) is 0 Å². The van der Waals surface area contributed by atoms with Crippen LogP contribution in [0.5, 0.6) is 11.5 Å². The van der Waals surface area contributed by atoms with Crippen molar-refractivity contribution in [2.24, 2.45) is 0 Å². The summed E-state index contributed by atoms with van der Waals surface area (Å²) in [6.45, 7) is 7.31. The van der Waals surface area contributed by atoms with E-state index in [1.165, 1.54) is 16.8 Å². The lowest BCUT2D eigenvalue weighted by Crippen LogP contribution is -2.36. The fourth-order valence-electron chi connectivity index (χ4n) is 4.28. The molecule has 1 aliphatic heterocycles. The predicted molar refractivity (Wildman–Crippen MR) is 139 cm³/mol. The zero-order chi connectivity index (χ0) is 25.5. The van der Waals surface area contributed by atoms with Crippen molar-refractivity contribution in [1.82, 2.24) is 14.5 Å². The third kappa shape index (κ3) is 5.77. The van der Waals surface area contributed by atoms with Crippen molar-refractivity contribution in [2.75, 3.05) is 57.6 Å². The van der Waals surface area contributed by atoms with Crippen LogP contribution in [-0.2, 0) is 11.3 Å². The average molecular weight is 496 g/mol. The molecule has 0 spiro atoms. The lowest BCUT2D eigenvalue weighted by atomic mass is 10.1. The molecule has 0 atom stereocenters. The van der Waals surface area contributed by atoms with Gasteiger partial charge in [-0.3, -0.25) is 19.1 Å². The number of nitrogens with two attached hydrogens (primary N) is 1. The van der Waals surface area contributed by atoms with Gasteiger partial charge in [0, 0.05) is 25.0 Å². The van der Waals surface area contributed by atoms with E-state index >= 15 is 0 Å². The van der Waals surface area contributed by atoms with E-state index < -0.39 is 5.91 Å². The standard InChI is InChI=1S/C26H33N5O5/c1-3-31-23(29-25(32)21-8-6-18(27)17-28-21)16-20-19(26(31)33)7-9-22(24(20)34-2)36-13-5-4-10-30-11-14-35-15-12-30/h6-9,16-17H,3-5,10-15,27H2,1-2H3,(H,29,32).